The minimum atomic E-state index is -4.39. The number of hydrogen-bond acceptors (Lipinski definition) is 3. The van der Waals surface area contributed by atoms with E-state index in [1.807, 2.05) is 0 Å². The molecule has 6 heteroatoms. The van der Waals surface area contributed by atoms with Crippen molar-refractivity contribution in [3.8, 4) is 0 Å². The molecule has 0 radical (unpaired) electrons. The molecule has 1 aliphatic rings. The minimum Gasteiger partial charge on any atom is -0.393 e. The number of pyridine rings is 1. The van der Waals surface area contributed by atoms with Gasteiger partial charge in [0.15, 0.2) is 0 Å². The van der Waals surface area contributed by atoms with Crippen molar-refractivity contribution in [1.82, 2.24) is 4.98 Å². The molecule has 0 amide bonds. The predicted molar refractivity (Wildman–Crippen MR) is 61.2 cm³/mol. The van der Waals surface area contributed by atoms with Gasteiger partial charge in [0.25, 0.3) is 0 Å². The van der Waals surface area contributed by atoms with Crippen LogP contribution in [0, 0.1) is 5.92 Å². The SMILES string of the molecule is CN(CC1CC(O)C1)c1ncccc1C(F)(F)F. The van der Waals surface area contributed by atoms with Gasteiger partial charge in [-0.25, -0.2) is 4.98 Å². The van der Waals surface area contributed by atoms with E-state index in [4.69, 9.17) is 0 Å². The van der Waals surface area contributed by atoms with Crippen molar-refractivity contribution >= 4 is 5.82 Å². The highest BCUT2D eigenvalue weighted by Gasteiger charge is 2.36. The second kappa shape index (κ2) is 4.76. The average molecular weight is 260 g/mol. The van der Waals surface area contributed by atoms with E-state index in [2.05, 4.69) is 4.98 Å². The molecule has 1 saturated carbocycles. The maximum absolute atomic E-state index is 12.8. The number of nitrogens with zero attached hydrogens (tertiary/aromatic N) is 2. The van der Waals surface area contributed by atoms with Crippen molar-refractivity contribution in [2.24, 2.45) is 5.92 Å². The van der Waals surface area contributed by atoms with E-state index in [-0.39, 0.29) is 17.8 Å². The van der Waals surface area contributed by atoms with Crippen LogP contribution >= 0.6 is 0 Å². The molecule has 0 saturated heterocycles. The van der Waals surface area contributed by atoms with Crippen molar-refractivity contribution in [2.75, 3.05) is 18.5 Å². The number of hydrogen-bond donors (Lipinski definition) is 1. The van der Waals surface area contributed by atoms with Crippen LogP contribution in [0.25, 0.3) is 0 Å². The van der Waals surface area contributed by atoms with E-state index in [1.165, 1.54) is 17.2 Å². The van der Waals surface area contributed by atoms with Gasteiger partial charge in [-0.1, -0.05) is 0 Å². The van der Waals surface area contributed by atoms with Crippen LogP contribution in [0.5, 0.6) is 0 Å². The van der Waals surface area contributed by atoms with Crippen LogP contribution in [0.3, 0.4) is 0 Å². The summed E-state index contributed by atoms with van der Waals surface area (Å²) < 4.78 is 38.4. The molecule has 1 aliphatic carbocycles. The van der Waals surface area contributed by atoms with E-state index >= 15 is 0 Å². The fourth-order valence-electron chi connectivity index (χ4n) is 2.25. The first-order valence-corrected chi connectivity index (χ1v) is 5.79. The van der Waals surface area contributed by atoms with Crippen LogP contribution < -0.4 is 4.90 Å². The van der Waals surface area contributed by atoms with Crippen LogP contribution in [-0.2, 0) is 6.18 Å². The molecule has 1 aromatic rings. The molecule has 1 heterocycles. The summed E-state index contributed by atoms with van der Waals surface area (Å²) in [4.78, 5) is 5.33. The summed E-state index contributed by atoms with van der Waals surface area (Å²) in [5, 5.41) is 9.17. The first kappa shape index (κ1) is 13.1. The summed E-state index contributed by atoms with van der Waals surface area (Å²) in [6.07, 6.45) is -2.03. The second-order valence-electron chi connectivity index (χ2n) is 4.74. The number of aliphatic hydroxyl groups excluding tert-OH is 1. The molecule has 100 valence electrons. The lowest BCUT2D eigenvalue weighted by Gasteiger charge is -2.35. The Bertz CT molecular complexity index is 416. The summed E-state index contributed by atoms with van der Waals surface area (Å²) in [6, 6.07) is 2.32. The quantitative estimate of drug-likeness (QED) is 0.906. The minimum absolute atomic E-state index is 0.0496. The molecule has 3 nitrogen and oxygen atoms in total. The third-order valence-corrected chi connectivity index (χ3v) is 3.20. The molecule has 1 fully saturated rings. The van der Waals surface area contributed by atoms with Gasteiger partial charge in [0.2, 0.25) is 0 Å². The Morgan fingerprint density at radius 1 is 1.44 bits per heavy atom. The largest absolute Gasteiger partial charge is 0.419 e. The van der Waals surface area contributed by atoms with Crippen LogP contribution in [0.15, 0.2) is 18.3 Å². The fourth-order valence-corrected chi connectivity index (χ4v) is 2.25. The molecular formula is C12H15F3N2O. The van der Waals surface area contributed by atoms with Gasteiger partial charge in [0.1, 0.15) is 5.82 Å². The smallest absolute Gasteiger partial charge is 0.393 e. The number of halogens is 3. The van der Waals surface area contributed by atoms with Gasteiger partial charge in [-0.3, -0.25) is 0 Å². The number of aliphatic hydroxyl groups is 1. The molecule has 0 aromatic carbocycles. The molecule has 1 aromatic heterocycles. The van der Waals surface area contributed by atoms with Gasteiger partial charge in [-0.2, -0.15) is 13.2 Å². The molecule has 0 aliphatic heterocycles. The second-order valence-corrected chi connectivity index (χ2v) is 4.74. The van der Waals surface area contributed by atoms with E-state index in [9.17, 15) is 18.3 Å². The van der Waals surface area contributed by atoms with Crippen LogP contribution in [-0.4, -0.2) is 29.8 Å². The van der Waals surface area contributed by atoms with Crippen molar-refractivity contribution in [2.45, 2.75) is 25.1 Å². The highest BCUT2D eigenvalue weighted by molar-refractivity contribution is 5.47. The molecule has 1 N–H and O–H groups in total. The Labute approximate surface area is 103 Å². The summed E-state index contributed by atoms with van der Waals surface area (Å²) in [5.74, 6) is 0.194. The molecule has 2 rings (SSSR count). The van der Waals surface area contributed by atoms with Gasteiger partial charge < -0.3 is 10.0 Å². The van der Waals surface area contributed by atoms with Crippen molar-refractivity contribution < 1.29 is 18.3 Å². The predicted octanol–water partition coefficient (Wildman–Crippen LogP) is 2.31. The maximum atomic E-state index is 12.8. The first-order chi connectivity index (χ1) is 8.38. The average Bonchev–Trinajstić information content (AvgIpc) is 2.26. The van der Waals surface area contributed by atoms with Gasteiger partial charge >= 0.3 is 6.18 Å². The molecular weight excluding hydrogens is 245 g/mol. The summed E-state index contributed by atoms with van der Waals surface area (Å²) in [5.41, 5.74) is -0.715. The van der Waals surface area contributed by atoms with Gasteiger partial charge in [0, 0.05) is 19.8 Å². The lowest BCUT2D eigenvalue weighted by Crippen LogP contribution is -2.38. The fraction of sp³-hybridized carbons (Fsp3) is 0.583. The van der Waals surface area contributed by atoms with Crippen LogP contribution in [0.4, 0.5) is 19.0 Å². The van der Waals surface area contributed by atoms with E-state index in [0.29, 0.717) is 19.4 Å². The third-order valence-electron chi connectivity index (χ3n) is 3.20. The number of alkyl halides is 3. The van der Waals surface area contributed by atoms with Crippen molar-refractivity contribution in [3.05, 3.63) is 23.9 Å². The monoisotopic (exact) mass is 260 g/mol. The molecule has 0 spiro atoms. The Morgan fingerprint density at radius 2 is 2.11 bits per heavy atom. The maximum Gasteiger partial charge on any atom is 0.419 e. The van der Waals surface area contributed by atoms with E-state index in [0.717, 1.165) is 6.07 Å². The Kier molecular flexibility index (Phi) is 3.47. The Balaban J connectivity index is 2.12. The molecule has 0 atom stereocenters. The Morgan fingerprint density at radius 3 is 2.67 bits per heavy atom. The number of rotatable bonds is 3. The summed E-state index contributed by atoms with van der Waals surface area (Å²) in [7, 11) is 1.60. The van der Waals surface area contributed by atoms with Crippen molar-refractivity contribution in [1.29, 1.82) is 0 Å². The zero-order chi connectivity index (χ0) is 13.3. The van der Waals surface area contributed by atoms with E-state index in [1.54, 1.807) is 7.05 Å². The lowest BCUT2D eigenvalue weighted by atomic mass is 9.82. The Hall–Kier alpha value is -1.30. The van der Waals surface area contributed by atoms with Gasteiger partial charge in [-0.15, -0.1) is 0 Å². The number of aromatic nitrogens is 1. The standard InChI is InChI=1S/C12H15F3N2O/c1-17(7-8-5-9(18)6-8)11-10(12(13,14)15)3-2-4-16-11/h2-4,8-9,18H,5-7H2,1H3. The zero-order valence-electron chi connectivity index (χ0n) is 9.98. The summed E-state index contributed by atoms with van der Waals surface area (Å²) >= 11 is 0. The highest BCUT2D eigenvalue weighted by atomic mass is 19.4. The molecule has 18 heavy (non-hydrogen) atoms. The van der Waals surface area contributed by atoms with E-state index < -0.39 is 11.7 Å². The summed E-state index contributed by atoms with van der Waals surface area (Å²) in [6.45, 7) is 0.483. The van der Waals surface area contributed by atoms with Crippen LogP contribution in [0.1, 0.15) is 18.4 Å². The van der Waals surface area contributed by atoms with Crippen molar-refractivity contribution in [3.63, 3.8) is 0 Å². The normalized spacial score (nSPS) is 23.6. The van der Waals surface area contributed by atoms with Gasteiger partial charge in [-0.05, 0) is 30.9 Å². The zero-order valence-corrected chi connectivity index (χ0v) is 9.98. The highest BCUT2D eigenvalue weighted by Crippen LogP contribution is 2.36. The number of anilines is 1. The molecule has 0 unspecified atom stereocenters. The topological polar surface area (TPSA) is 36.4 Å². The lowest BCUT2D eigenvalue weighted by molar-refractivity contribution is -0.137. The third kappa shape index (κ3) is 2.75. The first-order valence-electron chi connectivity index (χ1n) is 5.79. The van der Waals surface area contributed by atoms with Crippen LogP contribution in [0.2, 0.25) is 0 Å². The molecule has 0 bridgehead atoms. The van der Waals surface area contributed by atoms with Gasteiger partial charge in [0.05, 0.1) is 11.7 Å².